The highest BCUT2D eigenvalue weighted by atomic mass is 32.2. The maximum absolute atomic E-state index is 13.8. The van der Waals surface area contributed by atoms with E-state index in [-0.39, 0.29) is 30.7 Å². The van der Waals surface area contributed by atoms with E-state index in [1.54, 1.807) is 28.4 Å². The van der Waals surface area contributed by atoms with Crippen LogP contribution in [0.4, 0.5) is 0 Å². The normalized spacial score (nSPS) is 24.6. The molecular weight excluding hydrogens is 598 g/mol. The molecule has 2 aliphatic heterocycles. The number of nitrogens with zero attached hydrogens (tertiary/aromatic N) is 3. The van der Waals surface area contributed by atoms with E-state index in [4.69, 9.17) is 9.47 Å². The molecule has 0 N–H and O–H groups in total. The van der Waals surface area contributed by atoms with Gasteiger partial charge in [-0.1, -0.05) is 36.8 Å². The first-order valence-corrected chi connectivity index (χ1v) is 18.9. The minimum absolute atomic E-state index is 0.0274. The fourth-order valence-electron chi connectivity index (χ4n) is 8.27. The summed E-state index contributed by atoms with van der Waals surface area (Å²) in [7, 11) is -0.278. The van der Waals surface area contributed by atoms with Crippen LogP contribution in [0.1, 0.15) is 87.3 Å². The summed E-state index contributed by atoms with van der Waals surface area (Å²) in [5, 5.41) is 0. The Morgan fingerprint density at radius 2 is 1.61 bits per heavy atom. The SMILES string of the molecule is COc1cc(C)c(S(=O)(=O)N2CCCCC2COCC(=O)N(C)CCCC2CCC(c3ccccc3)(N3CCCC3)CC2)c(C)c1. The van der Waals surface area contributed by atoms with Gasteiger partial charge in [-0.3, -0.25) is 9.69 Å². The highest BCUT2D eigenvalue weighted by Gasteiger charge is 2.42. The summed E-state index contributed by atoms with van der Waals surface area (Å²) in [6.07, 6.45) is 12.1. The number of likely N-dealkylation sites (N-methyl/N-ethyl adjacent to an activating group) is 1. The molecule has 1 amide bonds. The Labute approximate surface area is 277 Å². The average Bonchev–Trinajstić information content (AvgIpc) is 3.61. The minimum Gasteiger partial charge on any atom is -0.497 e. The van der Waals surface area contributed by atoms with Gasteiger partial charge in [-0.25, -0.2) is 8.42 Å². The van der Waals surface area contributed by atoms with Gasteiger partial charge in [-0.15, -0.1) is 0 Å². The summed E-state index contributed by atoms with van der Waals surface area (Å²) < 4.78 is 40.5. The Hall–Kier alpha value is -2.46. The van der Waals surface area contributed by atoms with Crippen LogP contribution in [0.3, 0.4) is 0 Å². The lowest BCUT2D eigenvalue weighted by Crippen LogP contribution is -2.47. The minimum atomic E-state index is -3.72. The maximum atomic E-state index is 13.8. The summed E-state index contributed by atoms with van der Waals surface area (Å²) in [5.41, 5.74) is 3.03. The molecule has 3 aliphatic rings. The third kappa shape index (κ3) is 7.80. The van der Waals surface area contributed by atoms with Gasteiger partial charge in [0.1, 0.15) is 12.4 Å². The summed E-state index contributed by atoms with van der Waals surface area (Å²) in [5.74, 6) is 1.31. The molecule has 1 atom stereocenters. The van der Waals surface area contributed by atoms with Crippen molar-refractivity contribution in [3.8, 4) is 5.75 Å². The summed E-state index contributed by atoms with van der Waals surface area (Å²) in [4.78, 5) is 17.8. The molecule has 0 bridgehead atoms. The van der Waals surface area contributed by atoms with Gasteiger partial charge in [0, 0.05) is 31.7 Å². The van der Waals surface area contributed by atoms with Crippen molar-refractivity contribution in [2.24, 2.45) is 5.92 Å². The lowest BCUT2D eigenvalue weighted by atomic mass is 9.70. The van der Waals surface area contributed by atoms with Gasteiger partial charge in [0.15, 0.2) is 0 Å². The third-order valence-corrected chi connectivity index (χ3v) is 13.1. The number of piperidine rings is 1. The second kappa shape index (κ2) is 15.6. The lowest BCUT2D eigenvalue weighted by molar-refractivity contribution is -0.135. The van der Waals surface area contributed by atoms with Crippen LogP contribution in [0.15, 0.2) is 47.4 Å². The fourth-order valence-corrected chi connectivity index (χ4v) is 10.4. The molecule has 3 fully saturated rings. The number of sulfonamides is 1. The number of ether oxygens (including phenoxy) is 2. The van der Waals surface area contributed by atoms with Crippen LogP contribution in [0.2, 0.25) is 0 Å². The predicted molar refractivity (Wildman–Crippen MR) is 183 cm³/mol. The molecule has 0 radical (unpaired) electrons. The first kappa shape index (κ1) is 34.9. The van der Waals surface area contributed by atoms with E-state index >= 15 is 0 Å². The molecule has 1 aliphatic carbocycles. The number of hydrogen-bond donors (Lipinski definition) is 0. The van der Waals surface area contributed by atoms with Crippen LogP contribution < -0.4 is 4.74 Å². The molecule has 2 saturated heterocycles. The number of amides is 1. The van der Waals surface area contributed by atoms with E-state index in [2.05, 4.69) is 35.2 Å². The summed E-state index contributed by atoms with van der Waals surface area (Å²) in [6, 6.07) is 14.4. The van der Waals surface area contributed by atoms with E-state index in [1.165, 1.54) is 57.2 Å². The number of likely N-dealkylation sites (tertiary alicyclic amines) is 1. The number of hydrogen-bond acceptors (Lipinski definition) is 6. The van der Waals surface area contributed by atoms with Crippen molar-refractivity contribution in [2.75, 3.05) is 53.6 Å². The molecule has 0 spiro atoms. The number of methoxy groups -OCH3 is 1. The van der Waals surface area contributed by atoms with Crippen LogP contribution in [0, 0.1) is 19.8 Å². The molecule has 1 unspecified atom stereocenters. The number of aryl methyl sites for hydroxylation is 2. The van der Waals surface area contributed by atoms with Crippen LogP contribution in [-0.2, 0) is 25.1 Å². The van der Waals surface area contributed by atoms with E-state index in [0.29, 0.717) is 40.8 Å². The average molecular weight is 654 g/mol. The van der Waals surface area contributed by atoms with E-state index in [1.807, 2.05) is 20.9 Å². The van der Waals surface area contributed by atoms with Crippen molar-refractivity contribution >= 4 is 15.9 Å². The van der Waals surface area contributed by atoms with Gasteiger partial charge in [-0.2, -0.15) is 4.31 Å². The van der Waals surface area contributed by atoms with Crippen molar-refractivity contribution in [1.82, 2.24) is 14.1 Å². The first-order valence-electron chi connectivity index (χ1n) is 17.4. The zero-order valence-electron chi connectivity index (χ0n) is 28.5. The standard InChI is InChI=1S/C37H55N3O5S/c1-29-25-34(44-4)26-30(2)36(29)46(42,43)40-24-9-8-16-33(40)27-45-28-35(41)38(3)21-12-13-31-17-19-37(20-18-31,39-22-10-11-23-39)32-14-6-5-7-15-32/h5-7,14-15,25-26,31,33H,8-13,16-24,27-28H2,1-4H3. The second-order valence-electron chi connectivity index (χ2n) is 13.9. The third-order valence-electron chi connectivity index (χ3n) is 10.8. The number of rotatable bonds is 13. The topological polar surface area (TPSA) is 79.4 Å². The molecule has 46 heavy (non-hydrogen) atoms. The highest BCUT2D eigenvalue weighted by Crippen LogP contribution is 2.46. The Kier molecular flexibility index (Phi) is 11.8. The van der Waals surface area contributed by atoms with Gasteiger partial charge >= 0.3 is 0 Å². The molecule has 9 heteroatoms. The molecule has 0 aromatic heterocycles. The van der Waals surface area contributed by atoms with Gasteiger partial charge in [0.25, 0.3) is 0 Å². The molecule has 5 rings (SSSR count). The molecular formula is C37H55N3O5S. The first-order chi connectivity index (χ1) is 22.2. The maximum Gasteiger partial charge on any atom is 0.248 e. The predicted octanol–water partition coefficient (Wildman–Crippen LogP) is 6.29. The molecule has 2 aromatic rings. The highest BCUT2D eigenvalue weighted by molar-refractivity contribution is 7.89. The Morgan fingerprint density at radius 1 is 0.957 bits per heavy atom. The summed E-state index contributed by atoms with van der Waals surface area (Å²) in [6.45, 7) is 7.42. The van der Waals surface area contributed by atoms with Crippen LogP contribution in [-0.4, -0.2) is 88.0 Å². The fraction of sp³-hybridized carbons (Fsp3) is 0.649. The van der Waals surface area contributed by atoms with Gasteiger partial charge < -0.3 is 14.4 Å². The smallest absolute Gasteiger partial charge is 0.248 e. The van der Waals surface area contributed by atoms with Crippen LogP contribution in [0.5, 0.6) is 5.75 Å². The van der Waals surface area contributed by atoms with Gasteiger partial charge in [-0.05, 0) is 126 Å². The van der Waals surface area contributed by atoms with Gasteiger partial charge in [0.2, 0.25) is 15.9 Å². The molecule has 1 saturated carbocycles. The number of carbonyl (C=O) groups is 1. The molecule has 254 valence electrons. The van der Waals surface area contributed by atoms with Crippen molar-refractivity contribution in [3.05, 3.63) is 59.2 Å². The number of carbonyl (C=O) groups excluding carboxylic acids is 1. The molecule has 2 aromatic carbocycles. The van der Waals surface area contributed by atoms with E-state index in [0.717, 1.165) is 32.1 Å². The van der Waals surface area contributed by atoms with Crippen LogP contribution in [0.25, 0.3) is 0 Å². The van der Waals surface area contributed by atoms with E-state index < -0.39 is 10.0 Å². The van der Waals surface area contributed by atoms with E-state index in [9.17, 15) is 13.2 Å². The quantitative estimate of drug-likeness (QED) is 0.253. The molecule has 8 nitrogen and oxygen atoms in total. The second-order valence-corrected chi connectivity index (χ2v) is 15.7. The Bertz CT molecular complexity index is 1380. The van der Waals surface area contributed by atoms with Crippen molar-refractivity contribution in [2.45, 2.75) is 101 Å². The largest absolute Gasteiger partial charge is 0.497 e. The monoisotopic (exact) mass is 653 g/mol. The number of benzene rings is 2. The Balaban J connectivity index is 1.07. The van der Waals surface area contributed by atoms with Crippen LogP contribution >= 0.6 is 0 Å². The van der Waals surface area contributed by atoms with Gasteiger partial charge in [0.05, 0.1) is 18.6 Å². The molecule has 2 heterocycles. The lowest BCUT2D eigenvalue weighted by Gasteiger charge is -2.47. The van der Waals surface area contributed by atoms with Crippen molar-refractivity contribution in [3.63, 3.8) is 0 Å². The zero-order chi connectivity index (χ0) is 32.7. The van der Waals surface area contributed by atoms with Crippen molar-refractivity contribution in [1.29, 1.82) is 0 Å². The zero-order valence-corrected chi connectivity index (χ0v) is 29.3. The van der Waals surface area contributed by atoms with Crippen molar-refractivity contribution < 1.29 is 22.7 Å². The summed E-state index contributed by atoms with van der Waals surface area (Å²) >= 11 is 0. The Morgan fingerprint density at radius 3 is 2.26 bits per heavy atom.